The number of carbonyl (C=O) groups excluding carboxylic acids is 4. The van der Waals surface area contributed by atoms with E-state index in [0.717, 1.165) is 24.0 Å². The average Bonchev–Trinajstić information content (AvgIpc) is 3.72. The highest BCUT2D eigenvalue weighted by Gasteiger charge is 2.75. The Labute approximate surface area is 313 Å². The number of hydrogen-bond acceptors (Lipinski definition) is 8. The lowest BCUT2D eigenvalue weighted by molar-refractivity contribution is -0.162. The fourth-order valence-corrected chi connectivity index (χ4v) is 8.86. The minimum absolute atomic E-state index is 0.0698. The highest BCUT2D eigenvalue weighted by atomic mass is 79.9. The molecule has 2 N–H and O–H groups in total. The molecule has 2 aromatic carbocycles. The Morgan fingerprint density at radius 1 is 0.981 bits per heavy atom. The number of aryl methyl sites for hydroxylation is 2. The summed E-state index contributed by atoms with van der Waals surface area (Å²) in [6.45, 7) is 4.54. The molecule has 0 aromatic heterocycles. The van der Waals surface area contributed by atoms with Gasteiger partial charge < -0.3 is 34.4 Å². The van der Waals surface area contributed by atoms with Gasteiger partial charge in [0.1, 0.15) is 29.8 Å². The minimum Gasteiger partial charge on any atom is -0.455 e. The Morgan fingerprint density at radius 2 is 1.75 bits per heavy atom. The van der Waals surface area contributed by atoms with Crippen LogP contribution in [0.15, 0.2) is 71.2 Å². The van der Waals surface area contributed by atoms with E-state index in [-0.39, 0.29) is 50.4 Å². The lowest BCUT2D eigenvalue weighted by Crippen LogP contribution is -2.56. The van der Waals surface area contributed by atoms with Crippen molar-refractivity contribution in [3.63, 3.8) is 0 Å². The predicted octanol–water partition coefficient (Wildman–Crippen LogP) is 4.83. The second kappa shape index (κ2) is 16.4. The summed E-state index contributed by atoms with van der Waals surface area (Å²) < 4.78 is 19.2. The predicted molar refractivity (Wildman–Crippen MR) is 198 cm³/mol. The van der Waals surface area contributed by atoms with Gasteiger partial charge in [-0.15, -0.1) is 0 Å². The van der Waals surface area contributed by atoms with E-state index < -0.39 is 47.7 Å². The lowest BCUT2D eigenvalue weighted by Gasteiger charge is -2.36. The number of halogens is 1. The van der Waals surface area contributed by atoms with Crippen molar-refractivity contribution in [2.75, 3.05) is 38.3 Å². The molecular weight excluding hydrogens is 730 g/mol. The summed E-state index contributed by atoms with van der Waals surface area (Å²) in [5.41, 5.74) is 1.79. The van der Waals surface area contributed by atoms with Crippen molar-refractivity contribution in [2.24, 2.45) is 11.8 Å². The van der Waals surface area contributed by atoms with Crippen LogP contribution in [0.2, 0.25) is 0 Å². The Balaban J connectivity index is 1.47. The molecule has 12 heteroatoms. The number of esters is 1. The van der Waals surface area contributed by atoms with Crippen molar-refractivity contribution in [1.82, 2.24) is 10.2 Å². The number of methoxy groups -OCH3 is 1. The number of rotatable bonds is 10. The number of aliphatic hydroxyl groups is 1. The zero-order valence-electron chi connectivity index (χ0n) is 30.0. The van der Waals surface area contributed by atoms with Crippen molar-refractivity contribution in [2.45, 2.75) is 82.3 Å². The highest BCUT2D eigenvalue weighted by Crippen LogP contribution is 2.59. The van der Waals surface area contributed by atoms with Crippen LogP contribution in [-0.2, 0) is 33.4 Å². The molecule has 2 saturated heterocycles. The van der Waals surface area contributed by atoms with E-state index in [0.29, 0.717) is 35.0 Å². The molecule has 0 saturated carbocycles. The number of fused-ring (bicyclic) bond motifs is 2. The van der Waals surface area contributed by atoms with Crippen LogP contribution in [0.1, 0.15) is 61.3 Å². The number of carbonyl (C=O) groups is 4. The molecule has 278 valence electrons. The molecule has 4 aliphatic rings. The highest BCUT2D eigenvalue weighted by molar-refractivity contribution is 9.11. The van der Waals surface area contributed by atoms with E-state index in [1.54, 1.807) is 9.80 Å². The molecule has 11 nitrogen and oxygen atoms in total. The van der Waals surface area contributed by atoms with Gasteiger partial charge in [-0.3, -0.25) is 19.2 Å². The maximum Gasteiger partial charge on any atom is 0.313 e. The maximum absolute atomic E-state index is 15.2. The Morgan fingerprint density at radius 3 is 2.50 bits per heavy atom. The molecule has 52 heavy (non-hydrogen) atoms. The first-order valence-electron chi connectivity index (χ1n) is 18.2. The molecular formula is C40H48BrN3O8. The number of hydrogen-bond donors (Lipinski definition) is 2. The van der Waals surface area contributed by atoms with Gasteiger partial charge in [0.15, 0.2) is 0 Å². The summed E-state index contributed by atoms with van der Waals surface area (Å²) in [6, 6.07) is 13.3. The van der Waals surface area contributed by atoms with Crippen molar-refractivity contribution < 1.29 is 38.5 Å². The van der Waals surface area contributed by atoms with Gasteiger partial charge in [-0.2, -0.15) is 0 Å². The fourth-order valence-electron chi connectivity index (χ4n) is 8.12. The molecule has 4 heterocycles. The largest absolute Gasteiger partial charge is 0.455 e. The van der Waals surface area contributed by atoms with Crippen molar-refractivity contribution in [3.05, 3.63) is 87.9 Å². The van der Waals surface area contributed by atoms with E-state index in [1.165, 1.54) is 7.11 Å². The van der Waals surface area contributed by atoms with Gasteiger partial charge in [0, 0.05) is 43.4 Å². The lowest BCUT2D eigenvalue weighted by atomic mass is 9.74. The van der Waals surface area contributed by atoms with Crippen LogP contribution in [0.5, 0.6) is 0 Å². The molecule has 2 fully saturated rings. The maximum atomic E-state index is 15.2. The van der Waals surface area contributed by atoms with Gasteiger partial charge in [0.25, 0.3) is 5.91 Å². The Hall–Kier alpha value is -3.84. The number of anilines is 1. The van der Waals surface area contributed by atoms with Crippen LogP contribution in [0, 0.1) is 25.7 Å². The summed E-state index contributed by atoms with van der Waals surface area (Å²) in [7, 11) is 1.52. The van der Waals surface area contributed by atoms with Gasteiger partial charge in [-0.1, -0.05) is 83.4 Å². The van der Waals surface area contributed by atoms with Crippen LogP contribution >= 0.6 is 15.9 Å². The number of nitrogens with one attached hydrogen (secondary N) is 1. The molecule has 0 radical (unpaired) electrons. The summed E-state index contributed by atoms with van der Waals surface area (Å²) in [5.74, 6) is -3.63. The summed E-state index contributed by atoms with van der Waals surface area (Å²) in [6.07, 6.45) is 7.18. The molecule has 6 rings (SSSR count). The standard InChI is InChI=1S/C40H48BrN3O8/c1-25-17-18-26(2)30(22-25)43-19-12-7-10-16-31(46)42-29(24-50-3)34(27-14-8-6-9-15-27)51-39(49)32-33-37(47)44(20-11-4-5-13-21-45)36(38(43)48)40(33)23-28(41)35(32)52-40/h6-9,12,14-15,17-18,22-23,29,32-36,45H,4-5,10-11,13,16,19-21,24H2,1-3H3,(H,42,46)/b12-7-/t29-,32+,33-,34-,35+,36+,40-/m1/s1. The van der Waals surface area contributed by atoms with Crippen LogP contribution in [0.25, 0.3) is 0 Å². The van der Waals surface area contributed by atoms with Crippen molar-refractivity contribution >= 4 is 45.3 Å². The number of ether oxygens (including phenoxy) is 3. The van der Waals surface area contributed by atoms with E-state index >= 15 is 4.79 Å². The van der Waals surface area contributed by atoms with Gasteiger partial charge in [0.2, 0.25) is 11.8 Å². The van der Waals surface area contributed by atoms with Crippen LogP contribution in [0.4, 0.5) is 5.69 Å². The second-order valence-corrected chi connectivity index (χ2v) is 15.1. The van der Waals surface area contributed by atoms with E-state index in [1.807, 2.05) is 80.6 Å². The first kappa shape index (κ1) is 37.9. The topological polar surface area (TPSA) is 135 Å². The monoisotopic (exact) mass is 777 g/mol. The van der Waals surface area contributed by atoms with E-state index in [9.17, 15) is 19.5 Å². The van der Waals surface area contributed by atoms with E-state index in [2.05, 4.69) is 21.2 Å². The molecule has 2 aromatic rings. The number of unbranched alkanes of at least 4 members (excludes halogenated alkanes) is 3. The Bertz CT molecular complexity index is 1720. The first-order chi connectivity index (χ1) is 25.1. The average molecular weight is 779 g/mol. The van der Waals surface area contributed by atoms with Gasteiger partial charge in [0.05, 0.1) is 18.6 Å². The third-order valence-corrected chi connectivity index (χ3v) is 11.3. The van der Waals surface area contributed by atoms with Crippen molar-refractivity contribution in [3.8, 4) is 0 Å². The molecule has 4 aliphatic heterocycles. The third-order valence-electron chi connectivity index (χ3n) is 10.6. The summed E-state index contributed by atoms with van der Waals surface area (Å²) >= 11 is 3.65. The number of allylic oxidation sites excluding steroid dienone is 1. The van der Waals surface area contributed by atoms with Crippen LogP contribution in [0.3, 0.4) is 0 Å². The van der Waals surface area contributed by atoms with E-state index in [4.69, 9.17) is 14.2 Å². The molecule has 7 atom stereocenters. The first-order valence-corrected chi connectivity index (χ1v) is 18.9. The molecule has 1 spiro atoms. The van der Waals surface area contributed by atoms with Gasteiger partial charge in [-0.05, 0) is 61.9 Å². The van der Waals surface area contributed by atoms with Crippen LogP contribution in [-0.4, -0.2) is 90.9 Å². The number of aliphatic hydroxyl groups excluding tert-OH is 1. The molecule has 3 amide bonds. The number of benzene rings is 2. The second-order valence-electron chi connectivity index (χ2n) is 14.1. The quantitative estimate of drug-likeness (QED) is 0.199. The molecule has 0 unspecified atom stereocenters. The summed E-state index contributed by atoms with van der Waals surface area (Å²) in [4.78, 5) is 61.2. The minimum atomic E-state index is -1.43. The van der Waals surface area contributed by atoms with Crippen molar-refractivity contribution in [1.29, 1.82) is 0 Å². The SMILES string of the molecule is COC[C@H]1NC(=O)CC/C=C\CN(c2cc(C)ccc2C)C(=O)[C@@H]2N(CCCCCCO)C(=O)[C@H]3[C@H](C(=O)O[C@@H]1c1ccccc1)[C@H]1O[C@@]23C=C1Br. The third kappa shape index (κ3) is 7.35. The van der Waals surface area contributed by atoms with Gasteiger partial charge in [-0.25, -0.2) is 0 Å². The molecule has 5 bridgehead atoms. The number of amides is 3. The fraction of sp³-hybridized carbons (Fsp3) is 0.500. The number of likely N-dealkylation sites (tertiary alicyclic amines) is 1. The van der Waals surface area contributed by atoms with Crippen LogP contribution < -0.4 is 10.2 Å². The number of nitrogens with zero attached hydrogens (tertiary/aromatic N) is 2. The summed E-state index contributed by atoms with van der Waals surface area (Å²) in [5, 5.41) is 12.4. The number of cyclic esters (lactones) is 1. The van der Waals surface area contributed by atoms with Gasteiger partial charge >= 0.3 is 5.97 Å². The Kier molecular flexibility index (Phi) is 12.0. The zero-order valence-corrected chi connectivity index (χ0v) is 31.5. The molecule has 0 aliphatic carbocycles. The smallest absolute Gasteiger partial charge is 0.313 e. The normalized spacial score (nSPS) is 29.9. The zero-order chi connectivity index (χ0) is 37.0.